The van der Waals surface area contributed by atoms with E-state index in [0.29, 0.717) is 42.8 Å². The number of nitrogens with one attached hydrogen (secondary N) is 2. The van der Waals surface area contributed by atoms with Gasteiger partial charge in [0.1, 0.15) is 11.4 Å². The van der Waals surface area contributed by atoms with E-state index in [-0.39, 0.29) is 23.9 Å². The maximum absolute atomic E-state index is 12.6. The van der Waals surface area contributed by atoms with Crippen molar-refractivity contribution in [3.8, 4) is 0 Å². The average Bonchev–Trinajstić information content (AvgIpc) is 2.93. The summed E-state index contributed by atoms with van der Waals surface area (Å²) in [4.78, 5) is 42.3. The van der Waals surface area contributed by atoms with E-state index < -0.39 is 0 Å². The number of carbonyl (C=O) groups excluding carboxylic acids is 2. The molecule has 9 heteroatoms. The van der Waals surface area contributed by atoms with Crippen LogP contribution in [-0.2, 0) is 20.9 Å². The van der Waals surface area contributed by atoms with E-state index in [1.54, 1.807) is 7.11 Å². The Morgan fingerprint density at radius 3 is 2.63 bits per heavy atom. The van der Waals surface area contributed by atoms with Gasteiger partial charge in [-0.1, -0.05) is 0 Å². The number of hydrogen-bond acceptors (Lipinski definition) is 6. The number of ether oxygens (including phenoxy) is 1. The maximum Gasteiger partial charge on any atom is 0.262 e. The largest absolute Gasteiger partial charge is 0.385 e. The summed E-state index contributed by atoms with van der Waals surface area (Å²) in [6.45, 7) is 5.33. The summed E-state index contributed by atoms with van der Waals surface area (Å²) in [6.07, 6.45) is 3.06. The van der Waals surface area contributed by atoms with Crippen LogP contribution in [-0.4, -0.2) is 48.2 Å². The molecule has 27 heavy (non-hydrogen) atoms. The third kappa shape index (κ3) is 5.86. The summed E-state index contributed by atoms with van der Waals surface area (Å²) in [6, 6.07) is 0. The van der Waals surface area contributed by atoms with Crippen molar-refractivity contribution in [2.45, 2.75) is 39.7 Å². The van der Waals surface area contributed by atoms with Crippen molar-refractivity contribution in [3.63, 3.8) is 0 Å². The topological polar surface area (TPSA) is 102 Å². The summed E-state index contributed by atoms with van der Waals surface area (Å²) < 4.78 is 6.23. The number of fused-ring (bicyclic) bond motifs is 1. The highest BCUT2D eigenvalue weighted by Gasteiger charge is 2.13. The lowest BCUT2D eigenvalue weighted by molar-refractivity contribution is -0.123. The quantitative estimate of drug-likeness (QED) is 0.588. The predicted molar refractivity (Wildman–Crippen MR) is 105 cm³/mol. The van der Waals surface area contributed by atoms with Gasteiger partial charge in [-0.2, -0.15) is 0 Å². The van der Waals surface area contributed by atoms with E-state index >= 15 is 0 Å². The fraction of sp³-hybridized carbons (Fsp3) is 0.556. The Hall–Kier alpha value is -2.26. The molecular formula is C18H26N4O4S. The fourth-order valence-electron chi connectivity index (χ4n) is 2.60. The molecule has 0 aromatic carbocycles. The zero-order valence-electron chi connectivity index (χ0n) is 16.0. The molecule has 0 bridgehead atoms. The number of amides is 2. The molecule has 0 atom stereocenters. The first kappa shape index (κ1) is 21.0. The van der Waals surface area contributed by atoms with E-state index in [0.717, 1.165) is 16.9 Å². The Balaban J connectivity index is 1.77. The number of nitrogens with zero attached hydrogens (tertiary/aromatic N) is 2. The Labute approximate surface area is 161 Å². The van der Waals surface area contributed by atoms with Gasteiger partial charge in [-0.05, 0) is 32.3 Å². The maximum atomic E-state index is 12.6. The molecule has 148 valence electrons. The van der Waals surface area contributed by atoms with Crippen LogP contribution in [0, 0.1) is 13.8 Å². The van der Waals surface area contributed by atoms with Crippen LogP contribution >= 0.6 is 11.3 Å². The number of rotatable bonds is 10. The van der Waals surface area contributed by atoms with Gasteiger partial charge >= 0.3 is 0 Å². The van der Waals surface area contributed by atoms with Gasteiger partial charge in [0, 0.05) is 38.1 Å². The monoisotopic (exact) mass is 394 g/mol. The van der Waals surface area contributed by atoms with Crippen LogP contribution in [0.3, 0.4) is 0 Å². The first-order chi connectivity index (χ1) is 12.9. The van der Waals surface area contributed by atoms with Gasteiger partial charge in [-0.15, -0.1) is 11.3 Å². The second kappa shape index (κ2) is 10.2. The molecule has 2 aromatic heterocycles. The molecule has 0 aliphatic carbocycles. The number of hydrogen-bond donors (Lipinski definition) is 2. The van der Waals surface area contributed by atoms with E-state index in [2.05, 4.69) is 15.6 Å². The van der Waals surface area contributed by atoms with Crippen LogP contribution in [0.25, 0.3) is 10.2 Å². The van der Waals surface area contributed by atoms with Crippen LogP contribution < -0.4 is 16.2 Å². The molecule has 2 rings (SSSR count). The van der Waals surface area contributed by atoms with Gasteiger partial charge in [0.25, 0.3) is 5.56 Å². The van der Waals surface area contributed by atoms with Crippen LogP contribution in [0.2, 0.25) is 0 Å². The molecule has 2 heterocycles. The molecule has 0 aliphatic rings. The molecule has 8 nitrogen and oxygen atoms in total. The van der Waals surface area contributed by atoms with Gasteiger partial charge in [0.15, 0.2) is 0 Å². The van der Waals surface area contributed by atoms with Crippen molar-refractivity contribution in [2.75, 3.05) is 26.8 Å². The second-order valence-electron chi connectivity index (χ2n) is 6.29. The van der Waals surface area contributed by atoms with E-state index in [1.807, 2.05) is 13.8 Å². The zero-order chi connectivity index (χ0) is 19.8. The van der Waals surface area contributed by atoms with Gasteiger partial charge in [0.05, 0.1) is 11.7 Å². The number of methoxy groups -OCH3 is 1. The lowest BCUT2D eigenvalue weighted by Crippen LogP contribution is -2.33. The van der Waals surface area contributed by atoms with Gasteiger partial charge in [0.2, 0.25) is 11.8 Å². The Morgan fingerprint density at radius 2 is 1.89 bits per heavy atom. The lowest BCUT2D eigenvalue weighted by Gasteiger charge is -2.08. The van der Waals surface area contributed by atoms with E-state index in [1.165, 1.54) is 22.2 Å². The molecule has 2 N–H and O–H groups in total. The van der Waals surface area contributed by atoms with Crippen LogP contribution in [0.4, 0.5) is 0 Å². The molecule has 0 aliphatic heterocycles. The summed E-state index contributed by atoms with van der Waals surface area (Å²) in [5, 5.41) is 6.11. The van der Waals surface area contributed by atoms with E-state index in [4.69, 9.17) is 4.74 Å². The molecule has 2 aromatic rings. The normalized spacial score (nSPS) is 10.9. The second-order valence-corrected chi connectivity index (χ2v) is 7.49. The Kier molecular flexibility index (Phi) is 7.93. The van der Waals surface area contributed by atoms with Crippen molar-refractivity contribution >= 4 is 33.4 Å². The zero-order valence-corrected chi connectivity index (χ0v) is 16.8. The van der Waals surface area contributed by atoms with Crippen LogP contribution in [0.1, 0.15) is 29.7 Å². The third-order valence-electron chi connectivity index (χ3n) is 4.22. The Morgan fingerprint density at radius 1 is 1.19 bits per heavy atom. The van der Waals surface area contributed by atoms with Crippen LogP contribution in [0.15, 0.2) is 11.1 Å². The SMILES string of the molecule is COCCCNC(=O)CCCNC(=O)Cn1cnc2sc(C)c(C)c2c1=O. The lowest BCUT2D eigenvalue weighted by atomic mass is 10.2. The molecular weight excluding hydrogens is 368 g/mol. The highest BCUT2D eigenvalue weighted by Crippen LogP contribution is 2.25. The first-order valence-electron chi connectivity index (χ1n) is 8.91. The number of thiophene rings is 1. The van der Waals surface area contributed by atoms with Crippen LogP contribution in [0.5, 0.6) is 0 Å². The first-order valence-corrected chi connectivity index (χ1v) is 9.73. The fourth-order valence-corrected chi connectivity index (χ4v) is 3.59. The van der Waals surface area contributed by atoms with Crippen molar-refractivity contribution in [1.29, 1.82) is 0 Å². The number of carbonyl (C=O) groups is 2. The summed E-state index contributed by atoms with van der Waals surface area (Å²) >= 11 is 1.48. The van der Waals surface area contributed by atoms with Gasteiger partial charge in [-0.3, -0.25) is 19.0 Å². The average molecular weight is 394 g/mol. The van der Waals surface area contributed by atoms with Crippen molar-refractivity contribution in [2.24, 2.45) is 0 Å². The minimum atomic E-state index is -0.275. The number of aromatic nitrogens is 2. The standard InChI is InChI=1S/C18H26N4O4S/c1-12-13(2)27-17-16(12)18(25)22(11-21-17)10-15(24)20-7-4-6-14(23)19-8-5-9-26-3/h11H,4-10H2,1-3H3,(H,19,23)(H,20,24). The predicted octanol–water partition coefficient (Wildman–Crippen LogP) is 1.12. The minimum absolute atomic E-state index is 0.0467. The van der Waals surface area contributed by atoms with Gasteiger partial charge < -0.3 is 15.4 Å². The van der Waals surface area contributed by atoms with Crippen molar-refractivity contribution < 1.29 is 14.3 Å². The minimum Gasteiger partial charge on any atom is -0.385 e. The van der Waals surface area contributed by atoms with Crippen molar-refractivity contribution in [3.05, 3.63) is 27.1 Å². The summed E-state index contributed by atoms with van der Waals surface area (Å²) in [5.41, 5.74) is 0.714. The summed E-state index contributed by atoms with van der Waals surface area (Å²) in [7, 11) is 1.62. The highest BCUT2D eigenvalue weighted by atomic mass is 32.1. The molecule has 0 saturated heterocycles. The smallest absolute Gasteiger partial charge is 0.262 e. The molecule has 2 amide bonds. The molecule has 0 radical (unpaired) electrons. The number of aryl methyl sites for hydroxylation is 2. The molecule has 0 saturated carbocycles. The van der Waals surface area contributed by atoms with Gasteiger partial charge in [-0.25, -0.2) is 4.98 Å². The highest BCUT2D eigenvalue weighted by molar-refractivity contribution is 7.18. The van der Waals surface area contributed by atoms with E-state index in [9.17, 15) is 14.4 Å². The molecule has 0 unspecified atom stereocenters. The van der Waals surface area contributed by atoms with Crippen molar-refractivity contribution in [1.82, 2.24) is 20.2 Å². The third-order valence-corrected chi connectivity index (χ3v) is 5.34. The summed E-state index contributed by atoms with van der Waals surface area (Å²) in [5.74, 6) is -0.321. The molecule has 0 fully saturated rings. The molecule has 0 spiro atoms. The Bertz CT molecular complexity index is 859.